The highest BCUT2D eigenvalue weighted by molar-refractivity contribution is 7.10. The van der Waals surface area contributed by atoms with Crippen LogP contribution in [-0.2, 0) is 0 Å². The molecule has 1 N–H and O–H groups in total. The summed E-state index contributed by atoms with van der Waals surface area (Å²) < 4.78 is 0. The Morgan fingerprint density at radius 2 is 1.94 bits per heavy atom. The first-order valence-corrected chi connectivity index (χ1v) is 7.35. The fraction of sp³-hybridized carbons (Fsp3) is 0.714. The van der Waals surface area contributed by atoms with Gasteiger partial charge in [-0.1, -0.05) is 20.8 Å². The third-order valence-electron chi connectivity index (χ3n) is 3.86. The lowest BCUT2D eigenvalue weighted by Gasteiger charge is -2.43. The molecule has 2 atom stereocenters. The number of hydrogen-bond acceptors (Lipinski definition) is 3. The number of nitrogens with zero attached hydrogens (tertiary/aromatic N) is 1. The van der Waals surface area contributed by atoms with Gasteiger partial charge in [-0.3, -0.25) is 4.90 Å². The largest absolute Gasteiger partial charge is 0.386 e. The molecule has 0 amide bonds. The molecular weight excluding hydrogens is 230 g/mol. The number of likely N-dealkylation sites (N-methyl/N-ethyl adjacent to an activating group) is 1. The lowest BCUT2D eigenvalue weighted by molar-refractivity contribution is -0.0211. The molecule has 98 valence electrons. The zero-order valence-corrected chi connectivity index (χ0v) is 12.5. The summed E-state index contributed by atoms with van der Waals surface area (Å²) in [5, 5.41) is 12.7. The van der Waals surface area contributed by atoms with Crippen LogP contribution in [0.4, 0.5) is 0 Å². The van der Waals surface area contributed by atoms with Gasteiger partial charge in [0.05, 0.1) is 6.10 Å². The first kappa shape index (κ1) is 14.7. The second-order valence-corrected chi connectivity index (χ2v) is 5.89. The second kappa shape index (κ2) is 5.98. The van der Waals surface area contributed by atoms with Crippen molar-refractivity contribution in [1.29, 1.82) is 0 Å². The van der Waals surface area contributed by atoms with E-state index in [1.54, 1.807) is 11.3 Å². The summed E-state index contributed by atoms with van der Waals surface area (Å²) in [4.78, 5) is 3.61. The van der Waals surface area contributed by atoms with Crippen LogP contribution in [0.1, 0.15) is 50.7 Å². The van der Waals surface area contributed by atoms with Gasteiger partial charge in [0, 0.05) is 10.4 Å². The minimum Gasteiger partial charge on any atom is -0.386 e. The van der Waals surface area contributed by atoms with Crippen molar-refractivity contribution in [1.82, 2.24) is 4.90 Å². The number of aliphatic hydroxyl groups is 1. The van der Waals surface area contributed by atoms with Gasteiger partial charge < -0.3 is 5.11 Å². The molecule has 1 aromatic heterocycles. The van der Waals surface area contributed by atoms with Crippen LogP contribution in [0.15, 0.2) is 11.4 Å². The predicted molar refractivity (Wildman–Crippen MR) is 75.6 cm³/mol. The van der Waals surface area contributed by atoms with Crippen molar-refractivity contribution in [3.63, 3.8) is 0 Å². The van der Waals surface area contributed by atoms with Crippen molar-refractivity contribution in [3.8, 4) is 0 Å². The van der Waals surface area contributed by atoms with Crippen molar-refractivity contribution in [2.24, 2.45) is 0 Å². The molecule has 1 rings (SSSR count). The first-order valence-electron chi connectivity index (χ1n) is 6.47. The maximum atomic E-state index is 10.7. The molecule has 2 unspecified atom stereocenters. The average Bonchev–Trinajstić information content (AvgIpc) is 2.76. The molecule has 1 aromatic rings. The maximum absolute atomic E-state index is 10.7. The molecule has 17 heavy (non-hydrogen) atoms. The van der Waals surface area contributed by atoms with E-state index in [4.69, 9.17) is 0 Å². The van der Waals surface area contributed by atoms with Gasteiger partial charge >= 0.3 is 0 Å². The molecule has 0 aliphatic heterocycles. The van der Waals surface area contributed by atoms with E-state index in [1.165, 1.54) is 4.88 Å². The SMILES string of the molecule is CCN(CC)C(C)(CC)C(O)c1csc(C)c1. The Bertz CT molecular complexity index is 346. The van der Waals surface area contributed by atoms with Gasteiger partial charge in [0.2, 0.25) is 0 Å². The van der Waals surface area contributed by atoms with Crippen LogP contribution < -0.4 is 0 Å². The van der Waals surface area contributed by atoms with Crippen molar-refractivity contribution in [2.75, 3.05) is 13.1 Å². The molecule has 0 saturated carbocycles. The summed E-state index contributed by atoms with van der Waals surface area (Å²) in [6.07, 6.45) is 0.544. The van der Waals surface area contributed by atoms with Crippen molar-refractivity contribution in [2.45, 2.75) is 52.7 Å². The normalized spacial score (nSPS) is 17.1. The molecule has 0 radical (unpaired) electrons. The van der Waals surface area contributed by atoms with Gasteiger partial charge in [-0.2, -0.15) is 0 Å². The van der Waals surface area contributed by atoms with Crippen LogP contribution in [0.3, 0.4) is 0 Å². The van der Waals surface area contributed by atoms with E-state index >= 15 is 0 Å². The molecule has 0 saturated heterocycles. The summed E-state index contributed by atoms with van der Waals surface area (Å²) in [7, 11) is 0. The summed E-state index contributed by atoms with van der Waals surface area (Å²) in [6.45, 7) is 12.7. The van der Waals surface area contributed by atoms with Crippen molar-refractivity contribution < 1.29 is 5.11 Å². The minimum atomic E-state index is -0.405. The Labute approximate surface area is 109 Å². The van der Waals surface area contributed by atoms with Gasteiger partial charge in [0.15, 0.2) is 0 Å². The van der Waals surface area contributed by atoms with E-state index in [1.807, 2.05) is 0 Å². The molecule has 0 fully saturated rings. The van der Waals surface area contributed by atoms with Crippen molar-refractivity contribution >= 4 is 11.3 Å². The molecule has 0 aliphatic carbocycles. The lowest BCUT2D eigenvalue weighted by atomic mass is 9.86. The Hall–Kier alpha value is -0.380. The van der Waals surface area contributed by atoms with Crippen LogP contribution in [0.2, 0.25) is 0 Å². The van der Waals surface area contributed by atoms with E-state index in [0.717, 1.165) is 25.1 Å². The molecule has 1 heterocycles. The van der Waals surface area contributed by atoms with Crippen LogP contribution in [0, 0.1) is 6.92 Å². The summed E-state index contributed by atoms with van der Waals surface area (Å²) in [5.41, 5.74) is 0.889. The number of aliphatic hydroxyl groups excluding tert-OH is 1. The maximum Gasteiger partial charge on any atom is 0.0978 e. The summed E-state index contributed by atoms with van der Waals surface area (Å²) in [5.74, 6) is 0. The third-order valence-corrected chi connectivity index (χ3v) is 4.74. The fourth-order valence-corrected chi connectivity index (χ4v) is 3.23. The van der Waals surface area contributed by atoms with Crippen LogP contribution in [-0.4, -0.2) is 28.6 Å². The zero-order valence-electron chi connectivity index (χ0n) is 11.7. The molecule has 0 spiro atoms. The van der Waals surface area contributed by atoms with E-state index < -0.39 is 6.10 Å². The Kier molecular flexibility index (Phi) is 5.17. The fourth-order valence-electron chi connectivity index (χ4n) is 2.50. The molecule has 3 heteroatoms. The number of thiophene rings is 1. The lowest BCUT2D eigenvalue weighted by Crippen LogP contribution is -2.50. The molecule has 0 bridgehead atoms. The Morgan fingerprint density at radius 1 is 1.35 bits per heavy atom. The molecule has 0 aliphatic rings. The number of hydrogen-bond donors (Lipinski definition) is 1. The molecule has 2 nitrogen and oxygen atoms in total. The zero-order chi connectivity index (χ0) is 13.1. The van der Waals surface area contributed by atoms with Gasteiger partial charge in [0.25, 0.3) is 0 Å². The first-order chi connectivity index (χ1) is 7.99. The smallest absolute Gasteiger partial charge is 0.0978 e. The van der Waals surface area contributed by atoms with Crippen LogP contribution in [0.25, 0.3) is 0 Å². The second-order valence-electron chi connectivity index (χ2n) is 4.78. The quantitative estimate of drug-likeness (QED) is 0.839. The Morgan fingerprint density at radius 3 is 2.29 bits per heavy atom. The van der Waals surface area contributed by atoms with E-state index in [9.17, 15) is 5.11 Å². The standard InChI is InChI=1S/C14H25NOS/c1-6-14(5,15(7-2)8-3)13(16)12-9-11(4)17-10-12/h9-10,13,16H,6-8H2,1-5H3. The Balaban J connectivity index is 2.99. The predicted octanol–water partition coefficient (Wildman–Crippen LogP) is 3.60. The summed E-state index contributed by atoms with van der Waals surface area (Å²) >= 11 is 1.71. The average molecular weight is 255 g/mol. The van der Waals surface area contributed by atoms with E-state index in [2.05, 4.69) is 51.0 Å². The highest BCUT2D eigenvalue weighted by Crippen LogP contribution is 2.35. The van der Waals surface area contributed by atoms with E-state index in [0.29, 0.717) is 0 Å². The third kappa shape index (κ3) is 2.90. The number of rotatable bonds is 6. The highest BCUT2D eigenvalue weighted by Gasteiger charge is 2.37. The van der Waals surface area contributed by atoms with E-state index in [-0.39, 0.29) is 5.54 Å². The van der Waals surface area contributed by atoms with Crippen molar-refractivity contribution in [3.05, 3.63) is 21.9 Å². The molecular formula is C14H25NOS. The van der Waals surface area contributed by atoms with Crippen LogP contribution in [0.5, 0.6) is 0 Å². The van der Waals surface area contributed by atoms with Gasteiger partial charge in [-0.25, -0.2) is 0 Å². The number of aryl methyl sites for hydroxylation is 1. The van der Waals surface area contributed by atoms with Crippen LogP contribution >= 0.6 is 11.3 Å². The van der Waals surface area contributed by atoms with Gasteiger partial charge in [0.1, 0.15) is 0 Å². The minimum absolute atomic E-state index is 0.170. The monoisotopic (exact) mass is 255 g/mol. The molecule has 0 aromatic carbocycles. The topological polar surface area (TPSA) is 23.5 Å². The van der Waals surface area contributed by atoms with Gasteiger partial charge in [-0.05, 0) is 50.4 Å². The summed E-state index contributed by atoms with van der Waals surface area (Å²) in [6, 6.07) is 2.10. The van der Waals surface area contributed by atoms with Gasteiger partial charge in [-0.15, -0.1) is 11.3 Å². The highest BCUT2D eigenvalue weighted by atomic mass is 32.1.